The van der Waals surface area contributed by atoms with Crippen molar-refractivity contribution < 1.29 is 19.4 Å². The van der Waals surface area contributed by atoms with Crippen LogP contribution in [0.1, 0.15) is 18.5 Å². The SMILES string of the molecule is C#CCN(CC(=O)O)C(C)c1cc(OC)ccc1OC. The maximum atomic E-state index is 10.9. The molecule has 1 aromatic carbocycles. The highest BCUT2D eigenvalue weighted by atomic mass is 16.5. The molecule has 0 radical (unpaired) electrons. The number of terminal acetylenes is 1. The van der Waals surface area contributed by atoms with Gasteiger partial charge in [-0.3, -0.25) is 9.69 Å². The molecule has 0 saturated carbocycles. The number of methoxy groups -OCH3 is 2. The summed E-state index contributed by atoms with van der Waals surface area (Å²) in [7, 11) is 3.15. The van der Waals surface area contributed by atoms with Crippen molar-refractivity contribution in [1.29, 1.82) is 0 Å². The molecule has 0 fully saturated rings. The van der Waals surface area contributed by atoms with Crippen molar-refractivity contribution in [3.8, 4) is 23.8 Å². The Bertz CT molecular complexity index is 507. The van der Waals surface area contributed by atoms with Crippen LogP contribution in [0.25, 0.3) is 0 Å². The first-order valence-electron chi connectivity index (χ1n) is 6.14. The highest BCUT2D eigenvalue weighted by Crippen LogP contribution is 2.32. The summed E-state index contributed by atoms with van der Waals surface area (Å²) in [5.41, 5.74) is 0.836. The molecule has 1 aromatic rings. The van der Waals surface area contributed by atoms with Crippen LogP contribution in [-0.2, 0) is 4.79 Å². The Labute approximate surface area is 119 Å². The molecule has 0 aliphatic rings. The number of aliphatic carboxylic acids is 1. The van der Waals surface area contributed by atoms with Crippen LogP contribution in [0.5, 0.6) is 11.5 Å². The van der Waals surface area contributed by atoms with E-state index in [0.717, 1.165) is 5.56 Å². The van der Waals surface area contributed by atoms with Gasteiger partial charge in [-0.25, -0.2) is 0 Å². The number of ether oxygens (including phenoxy) is 2. The van der Waals surface area contributed by atoms with E-state index in [1.165, 1.54) is 0 Å². The Hall–Kier alpha value is -2.19. The van der Waals surface area contributed by atoms with E-state index in [2.05, 4.69) is 5.92 Å². The summed E-state index contributed by atoms with van der Waals surface area (Å²) in [5, 5.41) is 8.97. The van der Waals surface area contributed by atoms with Crippen LogP contribution in [-0.4, -0.2) is 43.3 Å². The Morgan fingerprint density at radius 3 is 2.65 bits per heavy atom. The van der Waals surface area contributed by atoms with Crippen molar-refractivity contribution in [2.75, 3.05) is 27.3 Å². The summed E-state index contributed by atoms with van der Waals surface area (Å²) in [6.07, 6.45) is 5.31. The molecule has 108 valence electrons. The zero-order valence-electron chi connectivity index (χ0n) is 11.9. The van der Waals surface area contributed by atoms with Gasteiger partial charge in [0, 0.05) is 11.6 Å². The summed E-state index contributed by atoms with van der Waals surface area (Å²) in [4.78, 5) is 12.6. The van der Waals surface area contributed by atoms with Crippen molar-refractivity contribution in [2.45, 2.75) is 13.0 Å². The van der Waals surface area contributed by atoms with Crippen molar-refractivity contribution in [3.63, 3.8) is 0 Å². The van der Waals surface area contributed by atoms with Gasteiger partial charge >= 0.3 is 5.97 Å². The highest BCUT2D eigenvalue weighted by Gasteiger charge is 2.21. The highest BCUT2D eigenvalue weighted by molar-refractivity contribution is 5.69. The number of nitrogens with zero attached hydrogens (tertiary/aromatic N) is 1. The van der Waals surface area contributed by atoms with E-state index in [-0.39, 0.29) is 19.1 Å². The molecule has 0 aliphatic heterocycles. The van der Waals surface area contributed by atoms with Crippen LogP contribution in [0, 0.1) is 12.3 Å². The predicted molar refractivity (Wildman–Crippen MR) is 76.0 cm³/mol. The number of carboxylic acid groups (broad SMARTS) is 1. The lowest BCUT2D eigenvalue weighted by Crippen LogP contribution is -2.33. The normalized spacial score (nSPS) is 11.8. The molecule has 0 amide bonds. The molecule has 1 unspecified atom stereocenters. The largest absolute Gasteiger partial charge is 0.497 e. The van der Waals surface area contributed by atoms with E-state index in [1.807, 2.05) is 13.0 Å². The van der Waals surface area contributed by atoms with Gasteiger partial charge in [-0.1, -0.05) is 5.92 Å². The molecule has 0 spiro atoms. The standard InChI is InChI=1S/C15H19NO4/c1-5-8-16(10-15(17)18)11(2)13-9-12(19-3)6-7-14(13)20-4/h1,6-7,9,11H,8,10H2,2-4H3,(H,17,18). The van der Waals surface area contributed by atoms with Gasteiger partial charge in [-0.2, -0.15) is 0 Å². The number of carbonyl (C=O) groups is 1. The maximum absolute atomic E-state index is 10.9. The first kappa shape index (κ1) is 15.9. The minimum atomic E-state index is -0.922. The van der Waals surface area contributed by atoms with Gasteiger partial charge in [0.25, 0.3) is 0 Å². The summed E-state index contributed by atoms with van der Waals surface area (Å²) >= 11 is 0. The van der Waals surface area contributed by atoms with Gasteiger partial charge in [0.1, 0.15) is 11.5 Å². The van der Waals surface area contributed by atoms with E-state index in [9.17, 15) is 4.79 Å². The fraction of sp³-hybridized carbons (Fsp3) is 0.400. The van der Waals surface area contributed by atoms with Crippen molar-refractivity contribution >= 4 is 5.97 Å². The Balaban J connectivity index is 3.11. The van der Waals surface area contributed by atoms with Crippen molar-refractivity contribution in [2.24, 2.45) is 0 Å². The van der Waals surface area contributed by atoms with Crippen LogP contribution in [0.15, 0.2) is 18.2 Å². The number of rotatable bonds is 7. The Morgan fingerprint density at radius 2 is 2.15 bits per heavy atom. The van der Waals surface area contributed by atoms with Crippen molar-refractivity contribution in [3.05, 3.63) is 23.8 Å². The molecule has 5 nitrogen and oxygen atoms in total. The maximum Gasteiger partial charge on any atom is 0.317 e. The Kier molecular flexibility index (Phi) is 5.88. The van der Waals surface area contributed by atoms with E-state index in [0.29, 0.717) is 11.5 Å². The molecule has 0 bridgehead atoms. The predicted octanol–water partition coefficient (Wildman–Crippen LogP) is 1.78. The van der Waals surface area contributed by atoms with Gasteiger partial charge in [-0.15, -0.1) is 6.42 Å². The minimum absolute atomic E-state index is 0.133. The zero-order valence-corrected chi connectivity index (χ0v) is 11.9. The second kappa shape index (κ2) is 7.41. The molecular weight excluding hydrogens is 258 g/mol. The lowest BCUT2D eigenvalue weighted by atomic mass is 10.0. The number of hydrogen-bond acceptors (Lipinski definition) is 4. The quantitative estimate of drug-likeness (QED) is 0.770. The van der Waals surface area contributed by atoms with Crippen molar-refractivity contribution in [1.82, 2.24) is 4.90 Å². The summed E-state index contributed by atoms with van der Waals surface area (Å²) < 4.78 is 10.5. The van der Waals surface area contributed by atoms with E-state index in [4.69, 9.17) is 21.0 Å². The van der Waals surface area contributed by atoms with Gasteiger partial charge in [0.05, 0.1) is 27.3 Å². The molecule has 0 saturated heterocycles. The molecule has 1 N–H and O–H groups in total. The average Bonchev–Trinajstić information content (AvgIpc) is 2.44. The molecule has 1 atom stereocenters. The van der Waals surface area contributed by atoms with E-state index < -0.39 is 5.97 Å². The topological polar surface area (TPSA) is 59.0 Å². The van der Waals surface area contributed by atoms with E-state index >= 15 is 0 Å². The summed E-state index contributed by atoms with van der Waals surface area (Å²) in [6, 6.07) is 5.21. The third-order valence-electron chi connectivity index (χ3n) is 3.07. The third kappa shape index (κ3) is 3.90. The van der Waals surface area contributed by atoms with Crippen LogP contribution in [0.4, 0.5) is 0 Å². The van der Waals surface area contributed by atoms with E-state index in [1.54, 1.807) is 31.3 Å². The fourth-order valence-electron chi connectivity index (χ4n) is 1.98. The van der Waals surface area contributed by atoms with Crippen LogP contribution in [0.3, 0.4) is 0 Å². The molecule has 20 heavy (non-hydrogen) atoms. The lowest BCUT2D eigenvalue weighted by molar-refractivity contribution is -0.138. The zero-order chi connectivity index (χ0) is 15.1. The molecule has 0 heterocycles. The van der Waals surface area contributed by atoms with Gasteiger partial charge in [0.15, 0.2) is 0 Å². The monoisotopic (exact) mass is 277 g/mol. The molecule has 1 rings (SSSR count). The molecule has 0 aromatic heterocycles. The molecular formula is C15H19NO4. The average molecular weight is 277 g/mol. The fourth-order valence-corrected chi connectivity index (χ4v) is 1.98. The second-order valence-electron chi connectivity index (χ2n) is 4.29. The third-order valence-corrected chi connectivity index (χ3v) is 3.07. The second-order valence-corrected chi connectivity index (χ2v) is 4.29. The van der Waals surface area contributed by atoms with Crippen LogP contribution < -0.4 is 9.47 Å². The number of hydrogen-bond donors (Lipinski definition) is 1. The number of benzene rings is 1. The van der Waals surface area contributed by atoms with Gasteiger partial charge in [-0.05, 0) is 25.1 Å². The first-order chi connectivity index (χ1) is 9.53. The first-order valence-corrected chi connectivity index (χ1v) is 6.14. The molecule has 5 heteroatoms. The van der Waals surface area contributed by atoms with Crippen LogP contribution in [0.2, 0.25) is 0 Å². The number of carboxylic acids is 1. The summed E-state index contributed by atoms with van der Waals surface area (Å²) in [5.74, 6) is 2.91. The minimum Gasteiger partial charge on any atom is -0.497 e. The smallest absolute Gasteiger partial charge is 0.317 e. The summed E-state index contributed by atoms with van der Waals surface area (Å²) in [6.45, 7) is 2.00. The van der Waals surface area contributed by atoms with Gasteiger partial charge in [0.2, 0.25) is 0 Å². The molecule has 0 aliphatic carbocycles. The lowest BCUT2D eigenvalue weighted by Gasteiger charge is -2.27. The van der Waals surface area contributed by atoms with Crippen LogP contribution >= 0.6 is 0 Å². The van der Waals surface area contributed by atoms with Gasteiger partial charge < -0.3 is 14.6 Å². The Morgan fingerprint density at radius 1 is 1.45 bits per heavy atom.